The Hall–Kier alpha value is -0.860. The summed E-state index contributed by atoms with van der Waals surface area (Å²) in [5, 5.41) is 0. The van der Waals surface area contributed by atoms with Crippen molar-refractivity contribution in [2.24, 2.45) is 0 Å². The minimum absolute atomic E-state index is 0.0745. The zero-order valence-electron chi connectivity index (χ0n) is 10.6. The van der Waals surface area contributed by atoms with Crippen LogP contribution in [0.3, 0.4) is 0 Å². The molecular weight excluding hydrogens is 214 g/mol. The van der Waals surface area contributed by atoms with Crippen molar-refractivity contribution < 1.29 is 9.59 Å². The number of carbonyl (C=O) groups excluding carboxylic acids is 2. The van der Waals surface area contributed by atoms with Gasteiger partial charge in [0.15, 0.2) is 0 Å². The van der Waals surface area contributed by atoms with Gasteiger partial charge in [-0.15, -0.1) is 0 Å². The van der Waals surface area contributed by atoms with Gasteiger partial charge < -0.3 is 0 Å². The number of hydrogen-bond acceptors (Lipinski definition) is 2. The quantitative estimate of drug-likeness (QED) is 0.657. The molecule has 0 aromatic heterocycles. The molecule has 0 spiro atoms. The van der Waals surface area contributed by atoms with Crippen LogP contribution in [0.15, 0.2) is 0 Å². The van der Waals surface area contributed by atoms with E-state index in [9.17, 15) is 9.59 Å². The fraction of sp³-hybridized carbons (Fsp3) is 0.857. The maximum atomic E-state index is 11.9. The fourth-order valence-corrected chi connectivity index (χ4v) is 3.05. The first-order chi connectivity index (χ1) is 8.29. The normalized spacial score (nSPS) is 25.3. The molecule has 0 unspecified atom stereocenters. The third-order valence-corrected chi connectivity index (χ3v) is 4.01. The minimum Gasteiger partial charge on any atom is -0.280 e. The van der Waals surface area contributed by atoms with E-state index >= 15 is 0 Å². The van der Waals surface area contributed by atoms with E-state index in [4.69, 9.17) is 0 Å². The molecule has 17 heavy (non-hydrogen) atoms. The van der Waals surface area contributed by atoms with E-state index in [1.54, 1.807) is 4.90 Å². The molecule has 3 nitrogen and oxygen atoms in total. The van der Waals surface area contributed by atoms with Gasteiger partial charge in [-0.2, -0.15) is 0 Å². The molecular formula is C14H23NO2. The number of piperidine rings is 1. The van der Waals surface area contributed by atoms with Gasteiger partial charge in [-0.3, -0.25) is 14.5 Å². The number of likely N-dealkylation sites (tertiary alicyclic amines) is 1. The Bertz CT molecular complexity index is 262. The molecule has 2 amide bonds. The molecule has 1 heterocycles. The number of nitrogens with zero attached hydrogens (tertiary/aromatic N) is 1. The van der Waals surface area contributed by atoms with Crippen molar-refractivity contribution in [1.29, 1.82) is 0 Å². The number of carbonyl (C=O) groups is 2. The van der Waals surface area contributed by atoms with Crippen LogP contribution in [-0.4, -0.2) is 22.8 Å². The maximum Gasteiger partial charge on any atom is 0.229 e. The van der Waals surface area contributed by atoms with Crippen LogP contribution in [0.4, 0.5) is 0 Å². The number of hydrogen-bond donors (Lipinski definition) is 0. The highest BCUT2D eigenvalue weighted by atomic mass is 16.2. The first-order valence-corrected chi connectivity index (χ1v) is 7.14. The highest BCUT2D eigenvalue weighted by Gasteiger charge is 2.31. The van der Waals surface area contributed by atoms with E-state index < -0.39 is 0 Å². The lowest BCUT2D eigenvalue weighted by Crippen LogP contribution is -2.47. The van der Waals surface area contributed by atoms with Crippen LogP contribution in [0.5, 0.6) is 0 Å². The standard InChI is InChI=1S/C14H23NO2/c16-13-10-7-11-14(17)15(13)12-8-5-3-1-2-4-6-9-12/h12H,1-11H2. The molecule has 3 heteroatoms. The van der Waals surface area contributed by atoms with Crippen LogP contribution in [0.25, 0.3) is 0 Å². The Labute approximate surface area is 104 Å². The molecule has 0 aromatic carbocycles. The van der Waals surface area contributed by atoms with E-state index in [2.05, 4.69) is 0 Å². The molecule has 96 valence electrons. The molecule has 2 aliphatic rings. The van der Waals surface area contributed by atoms with Gasteiger partial charge in [0, 0.05) is 18.9 Å². The molecule has 1 saturated heterocycles. The van der Waals surface area contributed by atoms with E-state index in [0.717, 1.165) is 19.3 Å². The number of amides is 2. The Morgan fingerprint density at radius 2 is 1.18 bits per heavy atom. The smallest absolute Gasteiger partial charge is 0.229 e. The van der Waals surface area contributed by atoms with Crippen molar-refractivity contribution in [3.05, 3.63) is 0 Å². The predicted octanol–water partition coefficient (Wildman–Crippen LogP) is 3.03. The van der Waals surface area contributed by atoms with Gasteiger partial charge in [0.1, 0.15) is 0 Å². The molecule has 0 N–H and O–H groups in total. The van der Waals surface area contributed by atoms with Crippen molar-refractivity contribution in [3.63, 3.8) is 0 Å². The molecule has 0 bridgehead atoms. The molecule has 0 atom stereocenters. The second-order valence-corrected chi connectivity index (χ2v) is 5.36. The summed E-state index contributed by atoms with van der Waals surface area (Å²) in [5.74, 6) is 0.149. The molecule has 1 saturated carbocycles. The summed E-state index contributed by atoms with van der Waals surface area (Å²) >= 11 is 0. The summed E-state index contributed by atoms with van der Waals surface area (Å²) in [6.07, 6.45) is 11.4. The zero-order chi connectivity index (χ0) is 12.1. The Kier molecular flexibility index (Phi) is 4.57. The highest BCUT2D eigenvalue weighted by molar-refractivity contribution is 5.97. The van der Waals surface area contributed by atoms with Gasteiger partial charge >= 0.3 is 0 Å². The van der Waals surface area contributed by atoms with Crippen molar-refractivity contribution >= 4 is 11.8 Å². The van der Waals surface area contributed by atoms with Gasteiger partial charge in [-0.05, 0) is 19.3 Å². The number of imide groups is 1. The Morgan fingerprint density at radius 1 is 0.706 bits per heavy atom. The van der Waals surface area contributed by atoms with E-state index in [-0.39, 0.29) is 17.9 Å². The van der Waals surface area contributed by atoms with Crippen molar-refractivity contribution in [3.8, 4) is 0 Å². The van der Waals surface area contributed by atoms with Crippen molar-refractivity contribution in [1.82, 2.24) is 4.90 Å². The summed E-state index contributed by atoms with van der Waals surface area (Å²) < 4.78 is 0. The lowest BCUT2D eigenvalue weighted by molar-refractivity contribution is -0.151. The third-order valence-electron chi connectivity index (χ3n) is 4.01. The van der Waals surface area contributed by atoms with E-state index in [1.165, 1.54) is 38.5 Å². The lowest BCUT2D eigenvalue weighted by atomic mass is 9.99. The number of rotatable bonds is 1. The average Bonchev–Trinajstić information content (AvgIpc) is 2.43. The summed E-state index contributed by atoms with van der Waals surface area (Å²) in [4.78, 5) is 25.4. The molecule has 2 fully saturated rings. The summed E-state index contributed by atoms with van der Waals surface area (Å²) in [6, 6.07) is 0.202. The van der Waals surface area contributed by atoms with Crippen LogP contribution < -0.4 is 0 Å². The lowest BCUT2D eigenvalue weighted by Gasteiger charge is -2.33. The van der Waals surface area contributed by atoms with Gasteiger partial charge in [-0.25, -0.2) is 0 Å². The van der Waals surface area contributed by atoms with Crippen LogP contribution in [0.2, 0.25) is 0 Å². The summed E-state index contributed by atoms with van der Waals surface area (Å²) in [6.45, 7) is 0. The first-order valence-electron chi connectivity index (χ1n) is 7.14. The van der Waals surface area contributed by atoms with Crippen LogP contribution in [0.1, 0.15) is 70.6 Å². The summed E-state index contributed by atoms with van der Waals surface area (Å²) in [5.41, 5.74) is 0. The Balaban J connectivity index is 2.00. The fourth-order valence-electron chi connectivity index (χ4n) is 3.05. The second kappa shape index (κ2) is 6.18. The zero-order valence-corrected chi connectivity index (χ0v) is 10.6. The van der Waals surface area contributed by atoms with E-state index in [0.29, 0.717) is 12.8 Å². The van der Waals surface area contributed by atoms with Gasteiger partial charge in [0.05, 0.1) is 0 Å². The molecule has 1 aliphatic heterocycles. The van der Waals surface area contributed by atoms with Gasteiger partial charge in [-0.1, -0.05) is 38.5 Å². The van der Waals surface area contributed by atoms with Crippen LogP contribution in [-0.2, 0) is 9.59 Å². The molecule has 1 aliphatic carbocycles. The monoisotopic (exact) mass is 237 g/mol. The van der Waals surface area contributed by atoms with Crippen molar-refractivity contribution in [2.45, 2.75) is 76.7 Å². The highest BCUT2D eigenvalue weighted by Crippen LogP contribution is 2.25. The van der Waals surface area contributed by atoms with Crippen LogP contribution in [0, 0.1) is 0 Å². The maximum absolute atomic E-state index is 11.9. The van der Waals surface area contributed by atoms with Crippen LogP contribution >= 0.6 is 0 Å². The summed E-state index contributed by atoms with van der Waals surface area (Å²) in [7, 11) is 0. The van der Waals surface area contributed by atoms with Gasteiger partial charge in [0.2, 0.25) is 11.8 Å². The average molecular weight is 237 g/mol. The van der Waals surface area contributed by atoms with Gasteiger partial charge in [0.25, 0.3) is 0 Å². The predicted molar refractivity (Wildman–Crippen MR) is 66.4 cm³/mol. The Morgan fingerprint density at radius 3 is 1.71 bits per heavy atom. The third kappa shape index (κ3) is 3.30. The largest absolute Gasteiger partial charge is 0.280 e. The molecule has 0 aromatic rings. The minimum atomic E-state index is 0.0745. The first kappa shape index (κ1) is 12.6. The SMILES string of the molecule is O=C1CCCC(=O)N1C1CCCCCCCC1. The molecule has 0 radical (unpaired) electrons. The molecule has 2 rings (SSSR count). The second-order valence-electron chi connectivity index (χ2n) is 5.36. The van der Waals surface area contributed by atoms with E-state index in [1.807, 2.05) is 0 Å². The van der Waals surface area contributed by atoms with Crippen molar-refractivity contribution in [2.75, 3.05) is 0 Å². The topological polar surface area (TPSA) is 37.4 Å².